The lowest BCUT2D eigenvalue weighted by molar-refractivity contribution is -0.142. The van der Waals surface area contributed by atoms with Crippen LogP contribution in [0.25, 0.3) is 0 Å². The van der Waals surface area contributed by atoms with Crippen LogP contribution in [0.3, 0.4) is 0 Å². The number of aryl methyl sites for hydroxylation is 3. The molecule has 1 atom stereocenters. The van der Waals surface area contributed by atoms with E-state index in [1.807, 2.05) is 12.1 Å². The Balaban J connectivity index is 1.48. The molecule has 0 aromatic carbocycles. The molecule has 3 N–H and O–H groups in total. The highest BCUT2D eigenvalue weighted by atomic mass is 16.5. The molecule has 2 aromatic heterocycles. The predicted molar refractivity (Wildman–Crippen MR) is 101 cm³/mol. The number of hydrogen-bond donors (Lipinski definition) is 2. The Hall–Kier alpha value is -2.47. The quantitative estimate of drug-likeness (QED) is 0.740. The van der Waals surface area contributed by atoms with Gasteiger partial charge in [-0.25, -0.2) is 4.98 Å². The molecule has 138 valence electrons. The Morgan fingerprint density at radius 3 is 2.85 bits per heavy atom. The van der Waals surface area contributed by atoms with E-state index in [1.165, 1.54) is 19.1 Å². The van der Waals surface area contributed by atoms with Gasteiger partial charge in [0.1, 0.15) is 11.9 Å². The van der Waals surface area contributed by atoms with E-state index in [0.29, 0.717) is 6.42 Å². The lowest BCUT2D eigenvalue weighted by atomic mass is 10.0. The van der Waals surface area contributed by atoms with Crippen LogP contribution in [-0.2, 0) is 35.2 Å². The Bertz CT molecular complexity index is 746. The van der Waals surface area contributed by atoms with Gasteiger partial charge in [-0.3, -0.25) is 9.78 Å². The predicted octanol–water partition coefficient (Wildman–Crippen LogP) is 2.05. The van der Waals surface area contributed by atoms with Crippen LogP contribution in [-0.4, -0.2) is 35.6 Å². The molecule has 1 aliphatic heterocycles. The first-order valence-corrected chi connectivity index (χ1v) is 9.15. The highest BCUT2D eigenvalue weighted by Crippen LogP contribution is 2.20. The number of rotatable bonds is 7. The summed E-state index contributed by atoms with van der Waals surface area (Å²) < 4.78 is 4.64. The first-order valence-electron chi connectivity index (χ1n) is 9.15. The van der Waals surface area contributed by atoms with Gasteiger partial charge in [0.15, 0.2) is 0 Å². The zero-order valence-corrected chi connectivity index (χ0v) is 15.2. The molecular formula is C20H26N4O2. The molecule has 1 aliphatic rings. The fraction of sp³-hybridized carbons (Fsp3) is 0.450. The van der Waals surface area contributed by atoms with E-state index in [4.69, 9.17) is 10.7 Å². The summed E-state index contributed by atoms with van der Waals surface area (Å²) in [6.07, 6.45) is 7.36. The summed E-state index contributed by atoms with van der Waals surface area (Å²) in [5.41, 5.74) is 10.2. The van der Waals surface area contributed by atoms with Crippen LogP contribution in [0.15, 0.2) is 30.5 Å². The zero-order valence-electron chi connectivity index (χ0n) is 15.2. The van der Waals surface area contributed by atoms with E-state index >= 15 is 0 Å². The average Bonchev–Trinajstić information content (AvgIpc) is 2.68. The molecule has 6 nitrogen and oxygen atoms in total. The van der Waals surface area contributed by atoms with Crippen LogP contribution in [0, 0.1) is 0 Å². The van der Waals surface area contributed by atoms with Crippen LogP contribution in [0.4, 0.5) is 5.82 Å². The molecule has 0 unspecified atom stereocenters. The summed E-state index contributed by atoms with van der Waals surface area (Å²) in [7, 11) is 1.34. The maximum absolute atomic E-state index is 11.4. The second-order valence-corrected chi connectivity index (χ2v) is 6.69. The Labute approximate surface area is 154 Å². The standard InChI is InChI=1S/C20H26N4O2/c1-26-20(25)18(21)12-14-7-9-16(23-13-14)5-2-6-17-10-8-15-4-3-11-22-19(15)24-17/h7-10,13,18H,2-6,11-12,21H2,1H3,(H,22,24)/t18-/m0/s1. The van der Waals surface area contributed by atoms with E-state index in [0.717, 1.165) is 55.0 Å². The van der Waals surface area contributed by atoms with Crippen LogP contribution < -0.4 is 11.1 Å². The number of carbonyl (C=O) groups excluding carboxylic acids is 1. The maximum Gasteiger partial charge on any atom is 0.322 e. The van der Waals surface area contributed by atoms with Crippen molar-refractivity contribution in [3.8, 4) is 0 Å². The maximum atomic E-state index is 11.4. The fourth-order valence-corrected chi connectivity index (χ4v) is 3.17. The third-order valence-electron chi connectivity index (χ3n) is 4.66. The number of fused-ring (bicyclic) bond motifs is 1. The normalized spacial score (nSPS) is 14.2. The number of carbonyl (C=O) groups is 1. The smallest absolute Gasteiger partial charge is 0.322 e. The number of aromatic nitrogens is 2. The van der Waals surface area contributed by atoms with Crippen molar-refractivity contribution >= 4 is 11.8 Å². The van der Waals surface area contributed by atoms with Gasteiger partial charge >= 0.3 is 5.97 Å². The number of hydrogen-bond acceptors (Lipinski definition) is 6. The molecule has 0 saturated carbocycles. The summed E-state index contributed by atoms with van der Waals surface area (Å²) in [6.45, 7) is 1.01. The molecule has 6 heteroatoms. The van der Waals surface area contributed by atoms with Crippen LogP contribution in [0.2, 0.25) is 0 Å². The van der Waals surface area contributed by atoms with Gasteiger partial charge in [0.25, 0.3) is 0 Å². The SMILES string of the molecule is COC(=O)[C@@H](N)Cc1ccc(CCCc2ccc3c(n2)NCCC3)nc1. The number of nitrogens with two attached hydrogens (primary N) is 1. The lowest BCUT2D eigenvalue weighted by Gasteiger charge is -2.17. The van der Waals surface area contributed by atoms with E-state index < -0.39 is 12.0 Å². The van der Waals surface area contributed by atoms with E-state index in [-0.39, 0.29) is 0 Å². The topological polar surface area (TPSA) is 90.1 Å². The summed E-state index contributed by atoms with van der Waals surface area (Å²) in [5.74, 6) is 0.652. The molecule has 0 amide bonds. The number of methoxy groups -OCH3 is 1. The summed E-state index contributed by atoms with van der Waals surface area (Å²) in [6, 6.07) is 7.67. The van der Waals surface area contributed by atoms with Crippen molar-refractivity contribution in [1.29, 1.82) is 0 Å². The van der Waals surface area contributed by atoms with Crippen LogP contribution >= 0.6 is 0 Å². The molecule has 26 heavy (non-hydrogen) atoms. The summed E-state index contributed by atoms with van der Waals surface area (Å²) in [4.78, 5) is 20.6. The lowest BCUT2D eigenvalue weighted by Crippen LogP contribution is -2.33. The molecule has 0 saturated heterocycles. The number of nitrogens with one attached hydrogen (secondary N) is 1. The van der Waals surface area contributed by atoms with Crippen molar-refractivity contribution in [2.24, 2.45) is 5.73 Å². The number of ether oxygens (including phenoxy) is 1. The third-order valence-corrected chi connectivity index (χ3v) is 4.66. The van der Waals surface area contributed by atoms with E-state index in [9.17, 15) is 4.79 Å². The van der Waals surface area contributed by atoms with Crippen molar-refractivity contribution in [3.05, 3.63) is 53.0 Å². The van der Waals surface area contributed by atoms with Gasteiger partial charge in [0, 0.05) is 24.1 Å². The second kappa shape index (κ2) is 8.76. The minimum Gasteiger partial charge on any atom is -0.468 e. The van der Waals surface area contributed by atoms with Crippen LogP contribution in [0.1, 0.15) is 35.4 Å². The number of pyridine rings is 2. The second-order valence-electron chi connectivity index (χ2n) is 6.69. The largest absolute Gasteiger partial charge is 0.468 e. The monoisotopic (exact) mass is 354 g/mol. The molecule has 3 heterocycles. The highest BCUT2D eigenvalue weighted by molar-refractivity contribution is 5.75. The summed E-state index contributed by atoms with van der Waals surface area (Å²) >= 11 is 0. The van der Waals surface area contributed by atoms with E-state index in [1.54, 1.807) is 6.20 Å². The zero-order chi connectivity index (χ0) is 18.4. The molecule has 0 fully saturated rings. The minimum atomic E-state index is -0.642. The number of nitrogens with zero attached hydrogens (tertiary/aromatic N) is 2. The highest BCUT2D eigenvalue weighted by Gasteiger charge is 2.14. The molecule has 0 bridgehead atoms. The fourth-order valence-electron chi connectivity index (χ4n) is 3.17. The number of esters is 1. The Morgan fingerprint density at radius 1 is 1.27 bits per heavy atom. The van der Waals surface area contributed by atoms with Crippen molar-refractivity contribution in [2.75, 3.05) is 19.0 Å². The van der Waals surface area contributed by atoms with Gasteiger partial charge in [0.05, 0.1) is 7.11 Å². The molecule has 0 aliphatic carbocycles. The summed E-state index contributed by atoms with van der Waals surface area (Å²) in [5, 5.41) is 3.38. The molecule has 2 aromatic rings. The van der Waals surface area contributed by atoms with Crippen molar-refractivity contribution in [2.45, 2.75) is 44.6 Å². The Kier molecular flexibility index (Phi) is 6.17. The first kappa shape index (κ1) is 18.3. The van der Waals surface area contributed by atoms with Crippen molar-refractivity contribution in [1.82, 2.24) is 9.97 Å². The van der Waals surface area contributed by atoms with E-state index in [2.05, 4.69) is 27.2 Å². The Morgan fingerprint density at radius 2 is 2.08 bits per heavy atom. The van der Waals surface area contributed by atoms with Gasteiger partial charge in [-0.2, -0.15) is 0 Å². The first-order chi connectivity index (χ1) is 12.7. The molecule has 0 spiro atoms. The number of anilines is 1. The third kappa shape index (κ3) is 4.79. The van der Waals surface area contributed by atoms with Gasteiger partial charge in [-0.15, -0.1) is 0 Å². The van der Waals surface area contributed by atoms with Crippen molar-refractivity contribution < 1.29 is 9.53 Å². The van der Waals surface area contributed by atoms with Gasteiger partial charge in [0.2, 0.25) is 0 Å². The van der Waals surface area contributed by atoms with Gasteiger partial charge in [-0.05, 0) is 61.8 Å². The van der Waals surface area contributed by atoms with Gasteiger partial charge in [-0.1, -0.05) is 12.1 Å². The molecule has 0 radical (unpaired) electrons. The molecule has 3 rings (SSSR count). The van der Waals surface area contributed by atoms with Crippen molar-refractivity contribution in [3.63, 3.8) is 0 Å². The van der Waals surface area contributed by atoms with Crippen LogP contribution in [0.5, 0.6) is 0 Å². The minimum absolute atomic E-state index is 0.402. The average molecular weight is 354 g/mol. The molecular weight excluding hydrogens is 328 g/mol. The van der Waals surface area contributed by atoms with Gasteiger partial charge < -0.3 is 15.8 Å².